The second-order valence-electron chi connectivity index (χ2n) is 15.4. The maximum Gasteiger partial charge on any atom is 0.342 e. The number of benzene rings is 2. The fourth-order valence-electron chi connectivity index (χ4n) is 7.73. The van der Waals surface area contributed by atoms with Crippen LogP contribution in [0, 0.1) is 11.7 Å². The third kappa shape index (κ3) is 8.55. The minimum Gasteiger partial charge on any atom is -0.495 e. The lowest BCUT2D eigenvalue weighted by molar-refractivity contribution is -0.140. The number of nitrogens with one attached hydrogen (secondary N) is 4. The van der Waals surface area contributed by atoms with Crippen molar-refractivity contribution in [3.63, 3.8) is 0 Å². The van der Waals surface area contributed by atoms with Crippen LogP contribution in [0.15, 0.2) is 42.6 Å². The van der Waals surface area contributed by atoms with Gasteiger partial charge in [-0.3, -0.25) is 24.5 Å². The standard InChI is InChI=1S/C39H47F3N10O5/c1-22(2)52-21-39(41,42)37(56)49(3)31-17-43-38(48-34(31)52)46-28-7-5-24(15-32(28)57-4)35(54)45-25-11-13-50(14-12-25)18-23-19-51(20-23)30-9-6-26(16-27(30)40)44-29-8-10-33(53)47-36(29)55/h5-7,9,15-17,22-23,25,29,44H,8,10-14,18-21H2,1-4H3,(H,45,54)(H,43,46,48)(H,47,53,55). The number of nitrogens with zero attached hydrogens (tertiary/aromatic N) is 6. The summed E-state index contributed by atoms with van der Waals surface area (Å²) in [5.74, 6) is -5.22. The van der Waals surface area contributed by atoms with Crippen molar-refractivity contribution in [1.29, 1.82) is 0 Å². The Bertz CT molecular complexity index is 2040. The van der Waals surface area contributed by atoms with Crippen molar-refractivity contribution in [2.24, 2.45) is 5.92 Å². The molecule has 3 aromatic rings. The SMILES string of the molecule is COc1cc(C(=O)NC2CCN(CC3CN(c4ccc(NC5CCC(=O)NC5=O)cc4F)C3)CC2)ccc1Nc1ncc2c(n1)N(C(C)C)CC(F)(F)C(=O)N2C. The molecular weight excluding hydrogens is 745 g/mol. The van der Waals surface area contributed by atoms with Gasteiger partial charge in [-0.25, -0.2) is 9.37 Å². The summed E-state index contributed by atoms with van der Waals surface area (Å²) in [5.41, 5.74) is 2.03. The predicted octanol–water partition coefficient (Wildman–Crippen LogP) is 3.74. The van der Waals surface area contributed by atoms with Crippen molar-refractivity contribution in [2.45, 2.75) is 63.6 Å². The number of likely N-dealkylation sites (tertiary alicyclic amines) is 1. The van der Waals surface area contributed by atoms with Gasteiger partial charge in [-0.1, -0.05) is 0 Å². The smallest absolute Gasteiger partial charge is 0.342 e. The Labute approximate surface area is 328 Å². The fraction of sp³-hybridized carbons (Fsp3) is 0.487. The largest absolute Gasteiger partial charge is 0.495 e. The molecule has 1 aromatic heterocycles. The van der Waals surface area contributed by atoms with E-state index in [0.29, 0.717) is 40.7 Å². The Hall–Kier alpha value is -5.65. The molecule has 57 heavy (non-hydrogen) atoms. The minimum atomic E-state index is -3.61. The number of aromatic nitrogens is 2. The molecule has 0 saturated carbocycles. The summed E-state index contributed by atoms with van der Waals surface area (Å²) in [6.45, 7) is 6.63. The number of amides is 4. The molecule has 3 saturated heterocycles. The summed E-state index contributed by atoms with van der Waals surface area (Å²) >= 11 is 0. The van der Waals surface area contributed by atoms with E-state index in [-0.39, 0.29) is 53.6 Å². The number of anilines is 6. The molecule has 7 rings (SSSR count). The van der Waals surface area contributed by atoms with Crippen LogP contribution in [0.3, 0.4) is 0 Å². The molecule has 2 aromatic carbocycles. The quantitative estimate of drug-likeness (QED) is 0.209. The van der Waals surface area contributed by atoms with E-state index in [1.807, 2.05) is 4.90 Å². The number of fused-ring (bicyclic) bond motifs is 1. The van der Waals surface area contributed by atoms with E-state index in [4.69, 9.17) is 4.74 Å². The first-order valence-corrected chi connectivity index (χ1v) is 19.1. The zero-order valence-electron chi connectivity index (χ0n) is 32.3. The third-order valence-corrected chi connectivity index (χ3v) is 11.0. The first kappa shape index (κ1) is 39.6. The van der Waals surface area contributed by atoms with Crippen LogP contribution in [-0.4, -0.2) is 116 Å². The summed E-state index contributed by atoms with van der Waals surface area (Å²) in [6, 6.07) is 8.81. The summed E-state index contributed by atoms with van der Waals surface area (Å²) in [4.78, 5) is 64.7. The van der Waals surface area contributed by atoms with E-state index < -0.39 is 30.3 Å². The van der Waals surface area contributed by atoms with Crippen molar-refractivity contribution in [2.75, 3.05) is 78.8 Å². The van der Waals surface area contributed by atoms with Gasteiger partial charge in [-0.2, -0.15) is 13.8 Å². The first-order valence-electron chi connectivity index (χ1n) is 19.1. The maximum atomic E-state index is 15.1. The maximum absolute atomic E-state index is 15.1. The van der Waals surface area contributed by atoms with Gasteiger partial charge in [0, 0.05) is 75.4 Å². The van der Waals surface area contributed by atoms with Crippen molar-refractivity contribution >= 4 is 58.1 Å². The predicted molar refractivity (Wildman–Crippen MR) is 208 cm³/mol. The molecule has 4 amide bonds. The van der Waals surface area contributed by atoms with E-state index >= 15 is 4.39 Å². The Kier molecular flexibility index (Phi) is 11.2. The molecule has 0 radical (unpaired) electrons. The molecule has 4 aliphatic heterocycles. The molecule has 4 aliphatic rings. The second-order valence-corrected chi connectivity index (χ2v) is 15.4. The Morgan fingerprint density at radius 3 is 2.49 bits per heavy atom. The monoisotopic (exact) mass is 792 g/mol. The highest BCUT2D eigenvalue weighted by Gasteiger charge is 2.47. The number of halogens is 3. The lowest BCUT2D eigenvalue weighted by atomic mass is 9.96. The molecule has 1 atom stereocenters. The van der Waals surface area contributed by atoms with Gasteiger partial charge in [0.1, 0.15) is 23.3 Å². The number of piperidine rings is 2. The van der Waals surface area contributed by atoms with Crippen molar-refractivity contribution in [1.82, 2.24) is 25.5 Å². The molecular formula is C39H47F3N10O5. The molecule has 15 nitrogen and oxygen atoms in total. The summed E-state index contributed by atoms with van der Waals surface area (Å²) in [5, 5.41) is 11.5. The van der Waals surface area contributed by atoms with Crippen LogP contribution in [-0.2, 0) is 14.4 Å². The van der Waals surface area contributed by atoms with Crippen LogP contribution in [0.4, 0.5) is 47.7 Å². The third-order valence-electron chi connectivity index (χ3n) is 11.0. The topological polar surface area (TPSA) is 164 Å². The van der Waals surface area contributed by atoms with Crippen molar-refractivity contribution in [3.05, 3.63) is 54.0 Å². The molecule has 18 heteroatoms. The van der Waals surface area contributed by atoms with Gasteiger partial charge < -0.3 is 40.3 Å². The number of carbonyl (C=O) groups excluding carboxylic acids is 4. The average molecular weight is 793 g/mol. The lowest BCUT2D eigenvalue weighted by Gasteiger charge is -2.44. The van der Waals surface area contributed by atoms with E-state index in [9.17, 15) is 28.0 Å². The summed E-state index contributed by atoms with van der Waals surface area (Å²) in [6.07, 6.45) is 3.50. The number of rotatable bonds is 11. The van der Waals surface area contributed by atoms with E-state index in [1.165, 1.54) is 31.3 Å². The van der Waals surface area contributed by atoms with Gasteiger partial charge >= 0.3 is 5.92 Å². The molecule has 0 bridgehead atoms. The van der Waals surface area contributed by atoms with Crippen LogP contribution < -0.4 is 40.7 Å². The Balaban J connectivity index is 0.884. The minimum absolute atomic E-state index is 0.00824. The highest BCUT2D eigenvalue weighted by atomic mass is 19.3. The fourth-order valence-corrected chi connectivity index (χ4v) is 7.73. The molecule has 1 unspecified atom stereocenters. The van der Waals surface area contributed by atoms with Crippen molar-refractivity contribution in [3.8, 4) is 5.75 Å². The Morgan fingerprint density at radius 2 is 1.81 bits per heavy atom. The van der Waals surface area contributed by atoms with Gasteiger partial charge in [0.15, 0.2) is 5.82 Å². The highest BCUT2D eigenvalue weighted by molar-refractivity contribution is 6.02. The van der Waals surface area contributed by atoms with Crippen LogP contribution >= 0.6 is 0 Å². The van der Waals surface area contributed by atoms with Crippen LogP contribution in [0.5, 0.6) is 5.75 Å². The lowest BCUT2D eigenvalue weighted by Crippen LogP contribution is -2.54. The van der Waals surface area contributed by atoms with Crippen LogP contribution in [0.2, 0.25) is 0 Å². The first-order chi connectivity index (χ1) is 27.2. The number of alkyl halides is 2. The zero-order valence-corrected chi connectivity index (χ0v) is 32.3. The second kappa shape index (κ2) is 16.1. The van der Waals surface area contributed by atoms with Gasteiger partial charge in [-0.15, -0.1) is 0 Å². The van der Waals surface area contributed by atoms with E-state index in [1.54, 1.807) is 44.2 Å². The molecule has 304 valence electrons. The average Bonchev–Trinajstić information content (AvgIpc) is 3.23. The van der Waals surface area contributed by atoms with Gasteiger partial charge in [-0.05, 0) is 69.5 Å². The van der Waals surface area contributed by atoms with Gasteiger partial charge in [0.2, 0.25) is 17.8 Å². The normalized spacial score (nSPS) is 20.5. The molecule has 3 fully saturated rings. The van der Waals surface area contributed by atoms with Gasteiger partial charge in [0.05, 0.1) is 31.2 Å². The number of hydrogen-bond donors (Lipinski definition) is 4. The summed E-state index contributed by atoms with van der Waals surface area (Å²) in [7, 11) is 2.74. The van der Waals surface area contributed by atoms with Crippen molar-refractivity contribution < 1.29 is 37.1 Å². The molecule has 5 heterocycles. The molecule has 4 N–H and O–H groups in total. The number of hydrogen-bond acceptors (Lipinski definition) is 12. The molecule has 0 aliphatic carbocycles. The summed E-state index contributed by atoms with van der Waals surface area (Å²) < 4.78 is 50.1. The van der Waals surface area contributed by atoms with Gasteiger partial charge in [0.25, 0.3) is 11.8 Å². The zero-order chi connectivity index (χ0) is 40.6. The highest BCUT2D eigenvalue weighted by Crippen LogP contribution is 2.38. The number of carbonyl (C=O) groups is 4. The van der Waals surface area contributed by atoms with E-state index in [2.05, 4.69) is 36.1 Å². The van der Waals surface area contributed by atoms with Crippen LogP contribution in [0.25, 0.3) is 0 Å². The molecule has 0 spiro atoms. The number of ether oxygens (including phenoxy) is 1. The van der Waals surface area contributed by atoms with E-state index in [0.717, 1.165) is 50.5 Å². The Morgan fingerprint density at radius 1 is 1.05 bits per heavy atom. The van der Waals surface area contributed by atoms with Crippen LogP contribution in [0.1, 0.15) is 49.9 Å². The number of methoxy groups -OCH3 is 1. The number of imide groups is 1.